The molecule has 1 aliphatic rings. The number of hydrogen-bond donors (Lipinski definition) is 2. The molecule has 0 saturated carbocycles. The van der Waals surface area contributed by atoms with Gasteiger partial charge >= 0.3 is 0 Å². The average Bonchev–Trinajstić information content (AvgIpc) is 2.81. The number of benzene rings is 2. The number of morpholine rings is 1. The number of ether oxygens (including phenoxy) is 2. The van der Waals surface area contributed by atoms with Gasteiger partial charge in [0.05, 0.1) is 32.3 Å². The summed E-state index contributed by atoms with van der Waals surface area (Å²) in [4.78, 5) is 1.50. The van der Waals surface area contributed by atoms with Gasteiger partial charge in [0.2, 0.25) is 0 Å². The van der Waals surface area contributed by atoms with E-state index in [1.165, 1.54) is 23.3 Å². The third kappa shape index (κ3) is 6.81. The topological polar surface area (TPSA) is 43.1 Å². The van der Waals surface area contributed by atoms with Gasteiger partial charge in [0.1, 0.15) is 24.4 Å². The summed E-state index contributed by atoms with van der Waals surface area (Å²) in [6.07, 6.45) is 4.17. The SMILES string of the molecule is CCCCCOc1ccc([C@](O)(CC(C)C)[C@H](C[NH+]2CCOCC2)c2ccccc2)cc1. The van der Waals surface area contributed by atoms with Crippen LogP contribution in [0.3, 0.4) is 0 Å². The predicted octanol–water partition coefficient (Wildman–Crippen LogP) is 4.19. The van der Waals surface area contributed by atoms with Crippen molar-refractivity contribution in [1.29, 1.82) is 0 Å². The van der Waals surface area contributed by atoms with Gasteiger partial charge in [-0.1, -0.05) is 76.1 Å². The second-order valence-electron chi connectivity index (χ2n) is 9.63. The molecule has 0 amide bonds. The number of nitrogens with one attached hydrogen (secondary N) is 1. The van der Waals surface area contributed by atoms with Gasteiger partial charge < -0.3 is 19.5 Å². The van der Waals surface area contributed by atoms with Gasteiger partial charge in [-0.15, -0.1) is 0 Å². The van der Waals surface area contributed by atoms with Gasteiger partial charge in [-0.05, 0) is 42.0 Å². The fourth-order valence-electron chi connectivity index (χ4n) is 4.87. The van der Waals surface area contributed by atoms with Gasteiger partial charge in [-0.25, -0.2) is 0 Å². The smallest absolute Gasteiger partial charge is 0.119 e. The molecule has 1 heterocycles. The predicted molar refractivity (Wildman–Crippen MR) is 130 cm³/mol. The molecule has 0 bridgehead atoms. The molecule has 2 N–H and O–H groups in total. The molecule has 176 valence electrons. The largest absolute Gasteiger partial charge is 0.494 e. The van der Waals surface area contributed by atoms with Crippen molar-refractivity contribution in [3.63, 3.8) is 0 Å². The van der Waals surface area contributed by atoms with E-state index in [1.807, 2.05) is 18.2 Å². The summed E-state index contributed by atoms with van der Waals surface area (Å²) in [7, 11) is 0. The molecule has 32 heavy (non-hydrogen) atoms. The third-order valence-corrected chi connectivity index (χ3v) is 6.56. The summed E-state index contributed by atoms with van der Waals surface area (Å²) in [6, 6.07) is 18.7. The van der Waals surface area contributed by atoms with Crippen molar-refractivity contribution in [1.82, 2.24) is 0 Å². The minimum Gasteiger partial charge on any atom is -0.494 e. The molecule has 0 radical (unpaired) electrons. The molecule has 0 aromatic heterocycles. The molecule has 3 rings (SSSR count). The maximum absolute atomic E-state index is 12.3. The van der Waals surface area contributed by atoms with Gasteiger partial charge in [-0.3, -0.25) is 0 Å². The fraction of sp³-hybridized carbons (Fsp3) is 0.571. The van der Waals surface area contributed by atoms with E-state index in [0.717, 1.165) is 57.2 Å². The summed E-state index contributed by atoms with van der Waals surface area (Å²) in [5, 5.41) is 12.3. The minimum absolute atomic E-state index is 0.00974. The Balaban J connectivity index is 1.88. The lowest BCUT2D eigenvalue weighted by molar-refractivity contribution is -0.910. The summed E-state index contributed by atoms with van der Waals surface area (Å²) in [6.45, 7) is 11.8. The molecule has 1 saturated heterocycles. The van der Waals surface area contributed by atoms with Gasteiger partial charge in [0, 0.05) is 0 Å². The highest BCUT2D eigenvalue weighted by molar-refractivity contribution is 5.35. The van der Waals surface area contributed by atoms with Gasteiger partial charge in [0.15, 0.2) is 0 Å². The zero-order valence-corrected chi connectivity index (χ0v) is 20.2. The molecule has 0 spiro atoms. The van der Waals surface area contributed by atoms with Crippen molar-refractivity contribution in [2.24, 2.45) is 5.92 Å². The lowest BCUT2D eigenvalue weighted by atomic mass is 9.72. The van der Waals surface area contributed by atoms with Crippen molar-refractivity contribution >= 4 is 0 Å². The Morgan fingerprint density at radius 3 is 2.31 bits per heavy atom. The van der Waals surface area contributed by atoms with Crippen LogP contribution in [0.5, 0.6) is 5.75 Å². The molecule has 0 aliphatic carbocycles. The van der Waals surface area contributed by atoms with Crippen LogP contribution in [0.25, 0.3) is 0 Å². The molecule has 1 aliphatic heterocycles. The molecule has 2 atom stereocenters. The second-order valence-corrected chi connectivity index (χ2v) is 9.63. The van der Waals surface area contributed by atoms with Crippen molar-refractivity contribution in [2.45, 2.75) is 58.0 Å². The lowest BCUT2D eigenvalue weighted by Crippen LogP contribution is -3.14. The van der Waals surface area contributed by atoms with Crippen molar-refractivity contribution in [3.8, 4) is 5.75 Å². The molecule has 4 heteroatoms. The van der Waals surface area contributed by atoms with E-state index in [4.69, 9.17) is 9.47 Å². The Morgan fingerprint density at radius 1 is 1.00 bits per heavy atom. The van der Waals surface area contributed by atoms with E-state index in [9.17, 15) is 5.11 Å². The first-order valence-electron chi connectivity index (χ1n) is 12.4. The van der Waals surface area contributed by atoms with Crippen molar-refractivity contribution in [2.75, 3.05) is 39.5 Å². The van der Waals surface area contributed by atoms with Crippen molar-refractivity contribution < 1.29 is 19.5 Å². The molecule has 2 aromatic rings. The lowest BCUT2D eigenvalue weighted by Gasteiger charge is -2.40. The fourth-order valence-corrected chi connectivity index (χ4v) is 4.87. The number of hydrogen-bond acceptors (Lipinski definition) is 3. The van der Waals surface area contributed by atoms with Crippen LogP contribution in [0, 0.1) is 5.92 Å². The van der Waals surface area contributed by atoms with E-state index in [0.29, 0.717) is 12.3 Å². The highest BCUT2D eigenvalue weighted by Crippen LogP contribution is 2.41. The number of aliphatic hydroxyl groups is 1. The zero-order chi connectivity index (χ0) is 22.8. The van der Waals surface area contributed by atoms with Crippen LogP contribution in [-0.2, 0) is 10.3 Å². The first-order valence-corrected chi connectivity index (χ1v) is 12.4. The Labute approximate surface area is 194 Å². The van der Waals surface area contributed by atoms with Crippen LogP contribution in [0.4, 0.5) is 0 Å². The van der Waals surface area contributed by atoms with E-state index in [2.05, 4.69) is 57.2 Å². The first-order chi connectivity index (χ1) is 15.5. The number of unbranched alkanes of at least 4 members (excludes halogenated alkanes) is 2. The summed E-state index contributed by atoms with van der Waals surface area (Å²) in [5.41, 5.74) is 1.24. The van der Waals surface area contributed by atoms with E-state index in [1.54, 1.807) is 0 Å². The molecule has 2 aromatic carbocycles. The van der Waals surface area contributed by atoms with Crippen LogP contribution in [0.15, 0.2) is 54.6 Å². The van der Waals surface area contributed by atoms with E-state index >= 15 is 0 Å². The monoisotopic (exact) mass is 440 g/mol. The zero-order valence-electron chi connectivity index (χ0n) is 20.2. The minimum atomic E-state index is -0.943. The highest BCUT2D eigenvalue weighted by atomic mass is 16.5. The highest BCUT2D eigenvalue weighted by Gasteiger charge is 2.42. The van der Waals surface area contributed by atoms with Crippen molar-refractivity contribution in [3.05, 3.63) is 65.7 Å². The van der Waals surface area contributed by atoms with Crippen LogP contribution in [-0.4, -0.2) is 44.6 Å². The van der Waals surface area contributed by atoms with Crippen LogP contribution >= 0.6 is 0 Å². The van der Waals surface area contributed by atoms with Gasteiger partial charge in [-0.2, -0.15) is 0 Å². The number of quaternary nitrogens is 1. The van der Waals surface area contributed by atoms with E-state index < -0.39 is 5.60 Å². The molecule has 4 nitrogen and oxygen atoms in total. The summed E-state index contributed by atoms with van der Waals surface area (Å²) in [5.74, 6) is 1.26. The Kier molecular flexibility index (Phi) is 9.58. The quantitative estimate of drug-likeness (QED) is 0.487. The standard InChI is InChI=1S/C28H41NO3/c1-4-5-9-18-32-26-14-12-25(13-15-26)28(30,21-23(2)3)27(24-10-7-6-8-11-24)22-29-16-19-31-20-17-29/h6-8,10-15,23,27,30H,4-5,9,16-22H2,1-3H3/p+1/t27-,28-/m1/s1. The van der Waals surface area contributed by atoms with Gasteiger partial charge in [0.25, 0.3) is 0 Å². The van der Waals surface area contributed by atoms with Crippen LogP contribution in [0.2, 0.25) is 0 Å². The maximum Gasteiger partial charge on any atom is 0.119 e. The average molecular weight is 441 g/mol. The molecular formula is C28H42NO3+. The molecule has 0 unspecified atom stereocenters. The number of rotatable bonds is 12. The van der Waals surface area contributed by atoms with Crippen LogP contribution in [0.1, 0.15) is 63.5 Å². The second kappa shape index (κ2) is 12.4. The van der Waals surface area contributed by atoms with Crippen LogP contribution < -0.4 is 9.64 Å². The Morgan fingerprint density at radius 2 is 1.69 bits per heavy atom. The third-order valence-electron chi connectivity index (χ3n) is 6.56. The summed E-state index contributed by atoms with van der Waals surface area (Å²) < 4.78 is 11.5. The normalized spacial score (nSPS) is 17.8. The first kappa shape index (κ1) is 24.8. The molecular weight excluding hydrogens is 398 g/mol. The summed E-state index contributed by atoms with van der Waals surface area (Å²) >= 11 is 0. The Bertz CT molecular complexity index is 771. The molecule has 1 fully saturated rings. The van der Waals surface area contributed by atoms with E-state index in [-0.39, 0.29) is 5.92 Å². The Hall–Kier alpha value is -1.88. The maximum atomic E-state index is 12.3.